The second-order valence-electron chi connectivity index (χ2n) is 6.80. The highest BCUT2D eigenvalue weighted by molar-refractivity contribution is 8.00. The fourth-order valence-electron chi connectivity index (χ4n) is 3.30. The van der Waals surface area contributed by atoms with Crippen LogP contribution in [0.3, 0.4) is 0 Å². The lowest BCUT2D eigenvalue weighted by atomic mass is 10.0. The van der Waals surface area contributed by atoms with Crippen LogP contribution in [0.4, 0.5) is 0 Å². The van der Waals surface area contributed by atoms with Crippen molar-refractivity contribution in [3.63, 3.8) is 0 Å². The Bertz CT molecular complexity index is 785. The van der Waals surface area contributed by atoms with E-state index < -0.39 is 0 Å². The molecule has 0 aliphatic carbocycles. The quantitative estimate of drug-likeness (QED) is 0.853. The first-order chi connectivity index (χ1) is 12.6. The Morgan fingerprint density at radius 1 is 1.35 bits per heavy atom. The van der Waals surface area contributed by atoms with Crippen LogP contribution in [0.15, 0.2) is 29.4 Å². The van der Waals surface area contributed by atoms with Gasteiger partial charge in [-0.05, 0) is 32.3 Å². The van der Waals surface area contributed by atoms with Crippen molar-refractivity contribution >= 4 is 17.7 Å². The van der Waals surface area contributed by atoms with Gasteiger partial charge in [0.15, 0.2) is 0 Å². The van der Waals surface area contributed by atoms with Crippen molar-refractivity contribution in [1.82, 2.24) is 20.2 Å². The molecule has 2 aliphatic rings. The summed E-state index contributed by atoms with van der Waals surface area (Å²) < 4.78 is 7.47. The van der Waals surface area contributed by atoms with E-state index in [-0.39, 0.29) is 23.3 Å². The first-order valence-corrected chi connectivity index (χ1v) is 9.81. The van der Waals surface area contributed by atoms with Crippen molar-refractivity contribution in [2.75, 3.05) is 18.6 Å². The number of nitrogens with one attached hydrogen (secondary N) is 2. The van der Waals surface area contributed by atoms with E-state index in [2.05, 4.69) is 52.1 Å². The highest BCUT2D eigenvalue weighted by atomic mass is 32.2. The zero-order chi connectivity index (χ0) is 18.1. The molecule has 1 amide bonds. The number of thioether (sulfide) groups is 1. The first kappa shape index (κ1) is 17.4. The second kappa shape index (κ2) is 7.28. The fourth-order valence-corrected chi connectivity index (χ4v) is 4.45. The number of ether oxygens (including phenoxy) is 1. The Balaban J connectivity index is 1.56. The first-order valence-electron chi connectivity index (χ1n) is 8.93. The van der Waals surface area contributed by atoms with Crippen LogP contribution in [0.5, 0.6) is 0 Å². The maximum Gasteiger partial charge on any atom is 0.236 e. The smallest absolute Gasteiger partial charge is 0.236 e. The average Bonchev–Trinajstić information content (AvgIpc) is 3.29. The lowest BCUT2D eigenvalue weighted by molar-refractivity contribution is -0.121. The molecular weight excluding hydrogens is 350 g/mol. The summed E-state index contributed by atoms with van der Waals surface area (Å²) in [6.07, 6.45) is 2.20. The molecule has 1 aromatic heterocycles. The third kappa shape index (κ3) is 3.43. The monoisotopic (exact) mass is 373 g/mol. The number of fused-ring (bicyclic) bond motifs is 1. The SMILES string of the molecule is Cc1ccc(C2Nn3c(C)nnc3SC2C(=O)NCC2CCCO2)cc1. The lowest BCUT2D eigenvalue weighted by Crippen LogP contribution is -2.45. The van der Waals surface area contributed by atoms with Gasteiger partial charge < -0.3 is 15.5 Å². The second-order valence-corrected chi connectivity index (χ2v) is 7.91. The molecule has 7 nitrogen and oxygen atoms in total. The number of hydrogen-bond donors (Lipinski definition) is 2. The van der Waals surface area contributed by atoms with Gasteiger partial charge in [-0.3, -0.25) is 4.79 Å². The van der Waals surface area contributed by atoms with Crippen LogP contribution in [0.1, 0.15) is 35.8 Å². The molecule has 8 heteroatoms. The number of rotatable bonds is 4. The van der Waals surface area contributed by atoms with Crippen LogP contribution < -0.4 is 10.7 Å². The van der Waals surface area contributed by atoms with Crippen LogP contribution >= 0.6 is 11.8 Å². The molecule has 1 fully saturated rings. The number of nitrogens with zero attached hydrogens (tertiary/aromatic N) is 3. The Labute approximate surface area is 156 Å². The minimum Gasteiger partial charge on any atom is -0.376 e. The van der Waals surface area contributed by atoms with E-state index in [0.717, 1.165) is 30.8 Å². The molecule has 2 aliphatic heterocycles. The van der Waals surface area contributed by atoms with Gasteiger partial charge in [0, 0.05) is 13.2 Å². The van der Waals surface area contributed by atoms with Crippen molar-refractivity contribution < 1.29 is 9.53 Å². The number of carbonyl (C=O) groups excluding carboxylic acids is 1. The largest absolute Gasteiger partial charge is 0.376 e. The van der Waals surface area contributed by atoms with Crippen molar-refractivity contribution in [3.05, 3.63) is 41.2 Å². The average molecular weight is 373 g/mol. The fraction of sp³-hybridized carbons (Fsp3) is 0.500. The highest BCUT2D eigenvalue weighted by Gasteiger charge is 2.37. The molecule has 2 N–H and O–H groups in total. The zero-order valence-corrected chi connectivity index (χ0v) is 15.8. The van der Waals surface area contributed by atoms with Gasteiger partial charge in [-0.2, -0.15) is 0 Å². The summed E-state index contributed by atoms with van der Waals surface area (Å²) in [6, 6.07) is 8.11. The summed E-state index contributed by atoms with van der Waals surface area (Å²) in [4.78, 5) is 12.9. The molecule has 0 bridgehead atoms. The maximum atomic E-state index is 12.9. The molecule has 3 heterocycles. The van der Waals surface area contributed by atoms with E-state index in [1.165, 1.54) is 17.3 Å². The number of aromatic nitrogens is 3. The van der Waals surface area contributed by atoms with E-state index in [0.29, 0.717) is 11.7 Å². The van der Waals surface area contributed by atoms with Crippen molar-refractivity contribution in [3.8, 4) is 0 Å². The Kier molecular flexibility index (Phi) is 4.86. The molecule has 2 aromatic rings. The molecule has 3 atom stereocenters. The van der Waals surface area contributed by atoms with Crippen molar-refractivity contribution in [1.29, 1.82) is 0 Å². The molecule has 138 valence electrons. The lowest BCUT2D eigenvalue weighted by Gasteiger charge is -2.33. The maximum absolute atomic E-state index is 12.9. The number of amides is 1. The van der Waals surface area contributed by atoms with Crippen molar-refractivity contribution in [2.24, 2.45) is 0 Å². The zero-order valence-electron chi connectivity index (χ0n) is 14.9. The molecule has 1 saturated heterocycles. The van der Waals surface area contributed by atoms with Gasteiger partial charge in [-0.1, -0.05) is 41.6 Å². The minimum atomic E-state index is -0.324. The molecule has 26 heavy (non-hydrogen) atoms. The van der Waals surface area contributed by atoms with Gasteiger partial charge in [0.1, 0.15) is 11.1 Å². The van der Waals surface area contributed by atoms with Gasteiger partial charge >= 0.3 is 0 Å². The molecular formula is C18H23N5O2S. The van der Waals surface area contributed by atoms with Crippen LogP contribution in [0, 0.1) is 13.8 Å². The number of carbonyl (C=O) groups is 1. The van der Waals surface area contributed by atoms with Crippen LogP contribution in [0.25, 0.3) is 0 Å². The van der Waals surface area contributed by atoms with Gasteiger partial charge in [0.05, 0.1) is 12.1 Å². The predicted molar refractivity (Wildman–Crippen MR) is 99.7 cm³/mol. The van der Waals surface area contributed by atoms with Crippen LogP contribution in [0.2, 0.25) is 0 Å². The van der Waals surface area contributed by atoms with E-state index in [4.69, 9.17) is 4.74 Å². The van der Waals surface area contributed by atoms with Gasteiger partial charge in [-0.25, -0.2) is 4.68 Å². The summed E-state index contributed by atoms with van der Waals surface area (Å²) in [5.74, 6) is 0.776. The van der Waals surface area contributed by atoms with Crippen molar-refractivity contribution in [2.45, 2.75) is 49.2 Å². The van der Waals surface area contributed by atoms with E-state index in [1.54, 1.807) is 0 Å². The van der Waals surface area contributed by atoms with E-state index in [1.807, 2.05) is 11.6 Å². The normalized spacial score (nSPS) is 24.8. The van der Waals surface area contributed by atoms with Gasteiger partial charge in [0.25, 0.3) is 0 Å². The molecule has 0 spiro atoms. The van der Waals surface area contributed by atoms with Crippen LogP contribution in [-0.2, 0) is 9.53 Å². The Morgan fingerprint density at radius 3 is 2.88 bits per heavy atom. The van der Waals surface area contributed by atoms with Crippen LogP contribution in [-0.4, -0.2) is 45.3 Å². The molecule has 4 rings (SSSR count). The molecule has 0 radical (unpaired) electrons. The molecule has 3 unspecified atom stereocenters. The summed E-state index contributed by atoms with van der Waals surface area (Å²) in [7, 11) is 0. The predicted octanol–water partition coefficient (Wildman–Crippen LogP) is 1.95. The number of aryl methyl sites for hydroxylation is 2. The summed E-state index contributed by atoms with van der Waals surface area (Å²) in [6.45, 7) is 5.30. The topological polar surface area (TPSA) is 81.1 Å². The van der Waals surface area contributed by atoms with E-state index in [9.17, 15) is 4.79 Å². The third-order valence-corrected chi connectivity index (χ3v) is 6.04. The standard InChI is InChI=1S/C18H23N5O2S/c1-11-5-7-13(8-6-11)15-16(17(24)19-10-14-4-3-9-25-14)26-18-21-20-12(2)23(18)22-15/h5-8,14-16,22H,3-4,9-10H2,1-2H3,(H,19,24). The highest BCUT2D eigenvalue weighted by Crippen LogP contribution is 2.37. The van der Waals surface area contributed by atoms with E-state index >= 15 is 0 Å². The van der Waals surface area contributed by atoms with Gasteiger partial charge in [-0.15, -0.1) is 10.2 Å². The van der Waals surface area contributed by atoms with Gasteiger partial charge in [0.2, 0.25) is 11.1 Å². The minimum absolute atomic E-state index is 0.00419. The summed E-state index contributed by atoms with van der Waals surface area (Å²) in [5, 5.41) is 11.7. The Morgan fingerprint density at radius 2 is 2.15 bits per heavy atom. The Hall–Kier alpha value is -2.06. The number of benzene rings is 1. The molecule has 1 aromatic carbocycles. The molecule has 0 saturated carbocycles. The third-order valence-electron chi connectivity index (χ3n) is 4.82. The summed E-state index contributed by atoms with van der Waals surface area (Å²) >= 11 is 1.45. The number of hydrogen-bond acceptors (Lipinski definition) is 6. The summed E-state index contributed by atoms with van der Waals surface area (Å²) in [5.41, 5.74) is 5.68.